The fraction of sp³-hybridized carbons (Fsp3) is 0.333. The van der Waals surface area contributed by atoms with Gasteiger partial charge in [0.15, 0.2) is 11.5 Å². The van der Waals surface area contributed by atoms with Crippen LogP contribution in [0.4, 0.5) is 0 Å². The summed E-state index contributed by atoms with van der Waals surface area (Å²) in [6, 6.07) is 14.3. The molecule has 0 aromatic heterocycles. The van der Waals surface area contributed by atoms with Gasteiger partial charge < -0.3 is 19.5 Å². The average molecular weight is 299 g/mol. The molecule has 0 atom stereocenters. The van der Waals surface area contributed by atoms with Crippen molar-refractivity contribution in [2.75, 3.05) is 19.8 Å². The zero-order valence-corrected chi connectivity index (χ0v) is 12.8. The first-order chi connectivity index (χ1) is 10.8. The number of benzene rings is 2. The van der Waals surface area contributed by atoms with Gasteiger partial charge in [0.2, 0.25) is 0 Å². The van der Waals surface area contributed by atoms with E-state index < -0.39 is 0 Å². The quantitative estimate of drug-likeness (QED) is 0.889. The van der Waals surface area contributed by atoms with Gasteiger partial charge in [0.1, 0.15) is 19.0 Å². The van der Waals surface area contributed by atoms with Crippen molar-refractivity contribution < 1.29 is 14.2 Å². The van der Waals surface area contributed by atoms with Crippen LogP contribution in [-0.4, -0.2) is 19.8 Å². The maximum atomic E-state index is 5.60. The van der Waals surface area contributed by atoms with Gasteiger partial charge >= 0.3 is 0 Å². The van der Waals surface area contributed by atoms with Gasteiger partial charge in [0.25, 0.3) is 0 Å². The molecule has 2 aromatic carbocycles. The van der Waals surface area contributed by atoms with Crippen molar-refractivity contribution in [2.45, 2.75) is 20.0 Å². The zero-order valence-electron chi connectivity index (χ0n) is 12.8. The van der Waals surface area contributed by atoms with Crippen LogP contribution >= 0.6 is 0 Å². The van der Waals surface area contributed by atoms with Crippen molar-refractivity contribution >= 4 is 0 Å². The van der Waals surface area contributed by atoms with E-state index in [2.05, 4.69) is 23.5 Å². The van der Waals surface area contributed by atoms with Crippen molar-refractivity contribution in [3.63, 3.8) is 0 Å². The Morgan fingerprint density at radius 3 is 2.36 bits per heavy atom. The van der Waals surface area contributed by atoms with Gasteiger partial charge in [-0.2, -0.15) is 0 Å². The number of rotatable bonds is 6. The Hall–Kier alpha value is -2.20. The number of hydrogen-bond donors (Lipinski definition) is 1. The predicted octanol–water partition coefficient (Wildman–Crippen LogP) is 3.15. The third-order valence-electron chi connectivity index (χ3n) is 3.50. The van der Waals surface area contributed by atoms with Gasteiger partial charge in [-0.15, -0.1) is 0 Å². The molecule has 0 unspecified atom stereocenters. The van der Waals surface area contributed by atoms with Gasteiger partial charge in [-0.25, -0.2) is 0 Å². The third-order valence-corrected chi connectivity index (χ3v) is 3.50. The third kappa shape index (κ3) is 3.71. The van der Waals surface area contributed by atoms with Crippen LogP contribution in [0.1, 0.15) is 18.1 Å². The van der Waals surface area contributed by atoms with Gasteiger partial charge in [0.05, 0.1) is 6.61 Å². The Balaban J connectivity index is 1.52. The Labute approximate surface area is 131 Å². The molecule has 0 fully saturated rings. The molecule has 0 spiro atoms. The van der Waals surface area contributed by atoms with Crippen LogP contribution in [0.2, 0.25) is 0 Å². The monoisotopic (exact) mass is 299 g/mol. The second kappa shape index (κ2) is 7.18. The van der Waals surface area contributed by atoms with Gasteiger partial charge in [-0.05, 0) is 42.3 Å². The van der Waals surface area contributed by atoms with Gasteiger partial charge in [-0.1, -0.05) is 18.2 Å². The van der Waals surface area contributed by atoms with E-state index >= 15 is 0 Å². The predicted molar refractivity (Wildman–Crippen MR) is 85.6 cm³/mol. The van der Waals surface area contributed by atoms with E-state index in [1.54, 1.807) is 0 Å². The molecule has 1 aliphatic rings. The van der Waals surface area contributed by atoms with E-state index in [4.69, 9.17) is 14.2 Å². The van der Waals surface area contributed by atoms with Crippen LogP contribution in [-0.2, 0) is 13.1 Å². The molecule has 116 valence electrons. The van der Waals surface area contributed by atoms with E-state index in [1.165, 1.54) is 11.1 Å². The molecule has 0 radical (unpaired) electrons. The number of fused-ring (bicyclic) bond motifs is 1. The minimum absolute atomic E-state index is 0.621. The van der Waals surface area contributed by atoms with Gasteiger partial charge in [0, 0.05) is 13.1 Å². The fourth-order valence-corrected chi connectivity index (χ4v) is 2.42. The maximum absolute atomic E-state index is 5.60. The van der Waals surface area contributed by atoms with Crippen LogP contribution in [0.3, 0.4) is 0 Å². The summed E-state index contributed by atoms with van der Waals surface area (Å²) >= 11 is 0. The Morgan fingerprint density at radius 1 is 0.909 bits per heavy atom. The standard InChI is InChI=1S/C18H21NO3/c1-2-20-16-6-3-14(4-7-16)12-19-13-15-5-8-17-18(11-15)22-10-9-21-17/h3-8,11,19H,2,9-10,12-13H2,1H3. The summed E-state index contributed by atoms with van der Waals surface area (Å²) in [4.78, 5) is 0. The first-order valence-corrected chi connectivity index (χ1v) is 7.66. The second-order valence-corrected chi connectivity index (χ2v) is 5.16. The molecular weight excluding hydrogens is 278 g/mol. The summed E-state index contributed by atoms with van der Waals surface area (Å²) in [5.74, 6) is 2.59. The second-order valence-electron chi connectivity index (χ2n) is 5.16. The molecule has 0 amide bonds. The molecule has 0 aliphatic carbocycles. The molecule has 0 bridgehead atoms. The topological polar surface area (TPSA) is 39.7 Å². The lowest BCUT2D eigenvalue weighted by Crippen LogP contribution is -2.16. The van der Waals surface area contributed by atoms with Crippen LogP contribution in [0.5, 0.6) is 17.2 Å². The van der Waals surface area contributed by atoms with Crippen LogP contribution in [0.15, 0.2) is 42.5 Å². The molecular formula is C18H21NO3. The van der Waals surface area contributed by atoms with Crippen molar-refractivity contribution in [3.05, 3.63) is 53.6 Å². The largest absolute Gasteiger partial charge is 0.494 e. The molecule has 1 aliphatic heterocycles. The minimum atomic E-state index is 0.621. The molecule has 22 heavy (non-hydrogen) atoms. The molecule has 4 heteroatoms. The van der Waals surface area contributed by atoms with Crippen molar-refractivity contribution in [3.8, 4) is 17.2 Å². The Bertz CT molecular complexity index is 610. The summed E-state index contributed by atoms with van der Waals surface area (Å²) < 4.78 is 16.6. The van der Waals surface area contributed by atoms with Crippen molar-refractivity contribution in [1.82, 2.24) is 5.32 Å². The molecule has 3 rings (SSSR count). The lowest BCUT2D eigenvalue weighted by Gasteiger charge is -2.19. The van der Waals surface area contributed by atoms with Crippen LogP contribution < -0.4 is 19.5 Å². The Morgan fingerprint density at radius 2 is 1.59 bits per heavy atom. The highest BCUT2D eigenvalue weighted by Crippen LogP contribution is 2.30. The fourth-order valence-electron chi connectivity index (χ4n) is 2.42. The van der Waals surface area contributed by atoms with E-state index in [1.807, 2.05) is 31.2 Å². The number of nitrogens with one attached hydrogen (secondary N) is 1. The van der Waals surface area contributed by atoms with Gasteiger partial charge in [-0.3, -0.25) is 0 Å². The summed E-state index contributed by atoms with van der Waals surface area (Å²) in [6.07, 6.45) is 0. The highest BCUT2D eigenvalue weighted by atomic mass is 16.6. The van der Waals surface area contributed by atoms with Crippen LogP contribution in [0.25, 0.3) is 0 Å². The van der Waals surface area contributed by atoms with Crippen LogP contribution in [0, 0.1) is 0 Å². The lowest BCUT2D eigenvalue weighted by molar-refractivity contribution is 0.171. The summed E-state index contributed by atoms with van der Waals surface area (Å²) in [7, 11) is 0. The van der Waals surface area contributed by atoms with Crippen molar-refractivity contribution in [2.24, 2.45) is 0 Å². The first-order valence-electron chi connectivity index (χ1n) is 7.66. The summed E-state index contributed by atoms with van der Waals surface area (Å²) in [6.45, 7) is 5.55. The molecule has 4 nitrogen and oxygen atoms in total. The molecule has 0 saturated heterocycles. The van der Waals surface area contributed by atoms with E-state index in [0.29, 0.717) is 19.8 Å². The highest BCUT2D eigenvalue weighted by molar-refractivity contribution is 5.43. The summed E-state index contributed by atoms with van der Waals surface area (Å²) in [5, 5.41) is 3.44. The molecule has 2 aromatic rings. The molecule has 0 saturated carbocycles. The smallest absolute Gasteiger partial charge is 0.161 e. The Kier molecular flexibility index (Phi) is 4.81. The normalized spacial score (nSPS) is 13.0. The van der Waals surface area contributed by atoms with E-state index in [-0.39, 0.29) is 0 Å². The van der Waals surface area contributed by atoms with Crippen molar-refractivity contribution in [1.29, 1.82) is 0 Å². The summed E-state index contributed by atoms with van der Waals surface area (Å²) in [5.41, 5.74) is 2.43. The van der Waals surface area contributed by atoms with E-state index in [9.17, 15) is 0 Å². The minimum Gasteiger partial charge on any atom is -0.494 e. The average Bonchev–Trinajstić information content (AvgIpc) is 2.57. The molecule has 1 heterocycles. The highest BCUT2D eigenvalue weighted by Gasteiger charge is 2.11. The molecule has 1 N–H and O–H groups in total. The SMILES string of the molecule is CCOc1ccc(CNCc2ccc3c(c2)OCCO3)cc1. The lowest BCUT2D eigenvalue weighted by atomic mass is 10.1. The zero-order chi connectivity index (χ0) is 15.2. The maximum Gasteiger partial charge on any atom is 0.161 e. The number of hydrogen-bond acceptors (Lipinski definition) is 4. The first kappa shape index (κ1) is 14.7. The van der Waals surface area contributed by atoms with E-state index in [0.717, 1.165) is 30.3 Å². The number of ether oxygens (including phenoxy) is 3.